The van der Waals surface area contributed by atoms with Crippen molar-refractivity contribution in [3.8, 4) is 11.1 Å². The first kappa shape index (κ1) is 28.3. The summed E-state index contributed by atoms with van der Waals surface area (Å²) in [5.41, 5.74) is 3.88. The molecule has 2 amide bonds. The van der Waals surface area contributed by atoms with E-state index in [1.807, 2.05) is 66.7 Å². The second-order valence-electron chi connectivity index (χ2n) is 10.4. The quantitative estimate of drug-likeness (QED) is 0.340. The van der Waals surface area contributed by atoms with E-state index in [0.29, 0.717) is 0 Å². The molecule has 2 atom stereocenters. The fourth-order valence-electron chi connectivity index (χ4n) is 5.52. The zero-order valence-electron chi connectivity index (χ0n) is 22.9. The van der Waals surface area contributed by atoms with Gasteiger partial charge in [0, 0.05) is 32.0 Å². The molecule has 2 aliphatic rings. The van der Waals surface area contributed by atoms with E-state index in [0.717, 1.165) is 27.8 Å². The van der Waals surface area contributed by atoms with Crippen LogP contribution in [0.15, 0.2) is 78.9 Å². The Bertz CT molecular complexity index is 1340. The van der Waals surface area contributed by atoms with Gasteiger partial charge in [0.25, 0.3) is 0 Å². The van der Waals surface area contributed by atoms with Gasteiger partial charge in [0.1, 0.15) is 12.1 Å². The molecule has 3 N–H and O–H groups in total. The van der Waals surface area contributed by atoms with Gasteiger partial charge in [-0.1, -0.05) is 78.9 Å². The number of carboxylic acid groups (broad SMARTS) is 1. The number of carbonyl (C=O) groups is 3. The summed E-state index contributed by atoms with van der Waals surface area (Å²) in [4.78, 5) is 38.8. The number of hydrogen-bond donors (Lipinski definition) is 3. The molecule has 3 aromatic carbocycles. The highest BCUT2D eigenvalue weighted by atomic mass is 16.5. The molecule has 5 rings (SSSR count). The summed E-state index contributed by atoms with van der Waals surface area (Å²) in [5, 5.41) is 15.2. The van der Waals surface area contributed by atoms with Crippen molar-refractivity contribution in [3.05, 3.63) is 95.6 Å². The van der Waals surface area contributed by atoms with Gasteiger partial charge in [0.15, 0.2) is 6.04 Å². The summed E-state index contributed by atoms with van der Waals surface area (Å²) >= 11 is 0. The number of nitrogens with one attached hydrogen (secondary N) is 2. The minimum absolute atomic E-state index is 0.0934. The summed E-state index contributed by atoms with van der Waals surface area (Å²) in [6, 6.07) is 24.1. The average molecular weight is 559 g/mol. The maximum Gasteiger partial charge on any atom is 0.408 e. The molecule has 41 heavy (non-hydrogen) atoms. The summed E-state index contributed by atoms with van der Waals surface area (Å²) < 4.78 is 16.9. The normalized spacial score (nSPS) is 17.0. The minimum atomic E-state index is -1.38. The number of amides is 2. The number of carbonyl (C=O) groups excluding carboxylic acids is 2. The predicted molar refractivity (Wildman–Crippen MR) is 151 cm³/mol. The summed E-state index contributed by atoms with van der Waals surface area (Å²) in [6.45, 7) is 2.34. The Morgan fingerprint density at radius 3 is 2.12 bits per heavy atom. The van der Waals surface area contributed by atoms with Crippen molar-refractivity contribution < 1.29 is 33.7 Å². The fraction of sp³-hybridized carbons (Fsp3) is 0.344. The third-order valence-corrected chi connectivity index (χ3v) is 7.84. The van der Waals surface area contributed by atoms with E-state index in [9.17, 15) is 19.5 Å². The average Bonchev–Trinajstić information content (AvgIpc) is 3.32. The van der Waals surface area contributed by atoms with Crippen LogP contribution >= 0.6 is 0 Å². The molecule has 0 bridgehead atoms. The number of hydrogen-bond acceptors (Lipinski definition) is 6. The van der Waals surface area contributed by atoms with E-state index in [4.69, 9.17) is 14.2 Å². The van der Waals surface area contributed by atoms with Crippen molar-refractivity contribution in [2.45, 2.75) is 50.0 Å². The molecule has 3 aromatic rings. The van der Waals surface area contributed by atoms with Crippen LogP contribution in [0.2, 0.25) is 0 Å². The molecular weight excluding hydrogens is 524 g/mol. The van der Waals surface area contributed by atoms with E-state index in [1.165, 1.54) is 0 Å². The number of carboxylic acids is 1. The minimum Gasteiger partial charge on any atom is -0.480 e. The van der Waals surface area contributed by atoms with Crippen LogP contribution in [-0.2, 0) is 30.4 Å². The SMILES string of the molecule is C[C@H](OCc1ccccc1)[C@@H](NC(=O)C1(NC(=O)OCC2c3ccccc3-c3ccccc32)CCOCC1)C(=O)O. The van der Waals surface area contributed by atoms with Crippen molar-refractivity contribution in [3.63, 3.8) is 0 Å². The Kier molecular flexibility index (Phi) is 8.66. The smallest absolute Gasteiger partial charge is 0.408 e. The monoisotopic (exact) mass is 558 g/mol. The van der Waals surface area contributed by atoms with Crippen LogP contribution in [0.3, 0.4) is 0 Å². The van der Waals surface area contributed by atoms with Crippen molar-refractivity contribution >= 4 is 18.0 Å². The number of alkyl carbamates (subject to hydrolysis) is 1. The van der Waals surface area contributed by atoms with Gasteiger partial charge < -0.3 is 30.0 Å². The van der Waals surface area contributed by atoms with Gasteiger partial charge in [-0.25, -0.2) is 9.59 Å². The van der Waals surface area contributed by atoms with Crippen LogP contribution in [0.5, 0.6) is 0 Å². The first-order chi connectivity index (χ1) is 19.9. The molecule has 0 unspecified atom stereocenters. The van der Waals surface area contributed by atoms with Gasteiger partial charge >= 0.3 is 12.1 Å². The van der Waals surface area contributed by atoms with Crippen LogP contribution in [0.25, 0.3) is 11.1 Å². The zero-order valence-corrected chi connectivity index (χ0v) is 22.9. The summed E-state index contributed by atoms with van der Waals surface area (Å²) in [5.74, 6) is -1.98. The molecule has 1 aliphatic carbocycles. The van der Waals surface area contributed by atoms with Gasteiger partial charge in [-0.15, -0.1) is 0 Å². The Hall–Kier alpha value is -4.21. The first-order valence-electron chi connectivity index (χ1n) is 13.8. The van der Waals surface area contributed by atoms with Crippen LogP contribution in [0, 0.1) is 0 Å². The Balaban J connectivity index is 1.25. The van der Waals surface area contributed by atoms with E-state index < -0.39 is 35.7 Å². The van der Waals surface area contributed by atoms with Crippen molar-refractivity contribution in [1.82, 2.24) is 10.6 Å². The van der Waals surface area contributed by atoms with E-state index in [-0.39, 0.29) is 45.2 Å². The maximum atomic E-state index is 13.6. The molecule has 9 nitrogen and oxygen atoms in total. The predicted octanol–water partition coefficient (Wildman–Crippen LogP) is 4.25. The lowest BCUT2D eigenvalue weighted by molar-refractivity contribution is -0.148. The van der Waals surface area contributed by atoms with Gasteiger partial charge in [0.2, 0.25) is 5.91 Å². The molecule has 1 aliphatic heterocycles. The zero-order chi connectivity index (χ0) is 28.8. The number of fused-ring (bicyclic) bond motifs is 3. The van der Waals surface area contributed by atoms with Crippen LogP contribution < -0.4 is 10.6 Å². The molecule has 0 spiro atoms. The van der Waals surface area contributed by atoms with E-state index >= 15 is 0 Å². The topological polar surface area (TPSA) is 123 Å². The number of rotatable bonds is 10. The highest BCUT2D eigenvalue weighted by molar-refractivity contribution is 5.93. The summed E-state index contributed by atoms with van der Waals surface area (Å²) in [6.07, 6.45) is -1.23. The van der Waals surface area contributed by atoms with Gasteiger partial charge in [-0.3, -0.25) is 4.79 Å². The molecule has 214 valence electrons. The fourth-order valence-corrected chi connectivity index (χ4v) is 5.52. The highest BCUT2D eigenvalue weighted by Gasteiger charge is 2.44. The van der Waals surface area contributed by atoms with Crippen LogP contribution in [0.4, 0.5) is 4.79 Å². The lowest BCUT2D eigenvalue weighted by Crippen LogP contribution is -2.64. The molecular formula is C32H34N2O7. The number of benzene rings is 3. The van der Waals surface area contributed by atoms with Crippen molar-refractivity contribution in [2.24, 2.45) is 0 Å². The van der Waals surface area contributed by atoms with Gasteiger partial charge in [0.05, 0.1) is 12.7 Å². The molecule has 0 saturated carbocycles. The lowest BCUT2D eigenvalue weighted by atomic mass is 9.88. The van der Waals surface area contributed by atoms with Crippen LogP contribution in [0.1, 0.15) is 42.4 Å². The highest BCUT2D eigenvalue weighted by Crippen LogP contribution is 2.44. The Labute approximate surface area is 238 Å². The van der Waals surface area contributed by atoms with Crippen molar-refractivity contribution in [2.75, 3.05) is 19.8 Å². The lowest BCUT2D eigenvalue weighted by Gasteiger charge is -2.37. The number of aliphatic carboxylic acids is 1. The second kappa shape index (κ2) is 12.5. The van der Waals surface area contributed by atoms with E-state index in [2.05, 4.69) is 22.8 Å². The second-order valence-corrected chi connectivity index (χ2v) is 10.4. The van der Waals surface area contributed by atoms with Gasteiger partial charge in [-0.2, -0.15) is 0 Å². The van der Waals surface area contributed by atoms with Gasteiger partial charge in [-0.05, 0) is 34.7 Å². The molecule has 1 saturated heterocycles. The van der Waals surface area contributed by atoms with Crippen LogP contribution in [-0.4, -0.2) is 60.6 Å². The third-order valence-electron chi connectivity index (χ3n) is 7.84. The first-order valence-corrected chi connectivity index (χ1v) is 13.8. The Morgan fingerprint density at radius 2 is 1.51 bits per heavy atom. The van der Waals surface area contributed by atoms with E-state index in [1.54, 1.807) is 6.92 Å². The molecule has 1 fully saturated rings. The summed E-state index contributed by atoms with van der Waals surface area (Å²) in [7, 11) is 0. The third kappa shape index (κ3) is 6.26. The molecule has 0 radical (unpaired) electrons. The molecule has 9 heteroatoms. The Morgan fingerprint density at radius 1 is 0.927 bits per heavy atom. The van der Waals surface area contributed by atoms with Crippen molar-refractivity contribution in [1.29, 1.82) is 0 Å². The molecule has 1 heterocycles. The largest absolute Gasteiger partial charge is 0.480 e. The number of ether oxygens (including phenoxy) is 3. The standard InChI is InChI=1S/C32H34N2O7/c1-21(40-19-22-9-3-2-4-10-22)28(29(35)36)33-30(37)32(15-17-39-18-16-32)34-31(38)41-20-27-25-13-7-5-11-23(25)24-12-6-8-14-26(24)27/h2-14,21,27-28H,15-20H2,1H3,(H,33,37)(H,34,38)(H,35,36)/t21-,28+/m0/s1. The molecule has 0 aromatic heterocycles. The maximum absolute atomic E-state index is 13.6.